The molecule has 1 heterocycles. The molecule has 4 nitrogen and oxygen atoms in total. The maximum absolute atomic E-state index is 15.8. The number of fused-ring (bicyclic) bond motifs is 7. The molecular weight excluding hydrogens is 497 g/mol. The fraction of sp³-hybridized carbons (Fsp3) is 0.750. The van der Waals surface area contributed by atoms with Crippen LogP contribution in [0, 0.1) is 22.7 Å². The van der Waals surface area contributed by atoms with E-state index in [1.54, 1.807) is 26.8 Å². The lowest BCUT2D eigenvalue weighted by Gasteiger charge is -2.64. The number of Topliss-reactive ketones (excluding diaryl/α,β-unsaturated/α-hetero) is 1. The second-order valence-electron chi connectivity index (χ2n) is 11.0. The zero-order valence-corrected chi connectivity index (χ0v) is 21.2. The summed E-state index contributed by atoms with van der Waals surface area (Å²) < 4.78 is 42.0. The summed E-state index contributed by atoms with van der Waals surface area (Å²) in [5.74, 6) is -3.01. The molecule has 0 spiro atoms. The molecule has 9 heteroatoms. The fourth-order valence-corrected chi connectivity index (χ4v) is 9.50. The van der Waals surface area contributed by atoms with Crippen LogP contribution < -0.4 is 0 Å². The Labute approximate surface area is 207 Å². The van der Waals surface area contributed by atoms with Crippen LogP contribution >= 0.6 is 34.8 Å². The summed E-state index contributed by atoms with van der Waals surface area (Å²) >= 11 is 20.8. The molecule has 5 aliphatic rings. The van der Waals surface area contributed by atoms with Gasteiger partial charge in [-0.25, -0.2) is 8.78 Å². The van der Waals surface area contributed by atoms with E-state index in [1.807, 2.05) is 6.92 Å². The zero-order chi connectivity index (χ0) is 24.4. The number of allylic oxidation sites excluding steroid dienone is 4. The Morgan fingerprint density at radius 1 is 1.21 bits per heavy atom. The van der Waals surface area contributed by atoms with Crippen molar-refractivity contribution in [1.82, 2.24) is 0 Å². The second-order valence-corrected chi connectivity index (χ2v) is 12.6. The largest absolute Gasteiger partial charge is 0.344 e. The summed E-state index contributed by atoms with van der Waals surface area (Å²) in [4.78, 5) is 24.2. The van der Waals surface area contributed by atoms with Crippen LogP contribution in [0.5, 0.6) is 0 Å². The van der Waals surface area contributed by atoms with Gasteiger partial charge < -0.3 is 9.47 Å². The zero-order valence-electron chi connectivity index (χ0n) is 18.9. The highest BCUT2D eigenvalue weighted by Gasteiger charge is 2.80. The third kappa shape index (κ3) is 2.65. The quantitative estimate of drug-likeness (QED) is 0.453. The number of carbonyl (C=O) groups is 2. The SMILES string of the molecule is CC1(C)O[C@@H]2C[C@H]3[C@@H]4C[C@H](F)C5=C(Cl)C(=O)C=C[C@]5(C)[C@@]4(Cl)[C@@H](Cl)C[C@]3(C)[C@]2(C(=O)CF)O1. The summed E-state index contributed by atoms with van der Waals surface area (Å²) in [6, 6.07) is 0. The van der Waals surface area contributed by atoms with Crippen molar-refractivity contribution in [3.8, 4) is 0 Å². The molecule has 0 N–H and O–H groups in total. The van der Waals surface area contributed by atoms with Crippen LogP contribution in [-0.2, 0) is 19.1 Å². The average molecular weight is 524 g/mol. The molecule has 0 aromatic heterocycles. The summed E-state index contributed by atoms with van der Waals surface area (Å²) in [7, 11) is 0. The van der Waals surface area contributed by atoms with Crippen molar-refractivity contribution in [1.29, 1.82) is 0 Å². The highest BCUT2D eigenvalue weighted by molar-refractivity contribution is 6.45. The Hall–Kier alpha value is -0.530. The molecule has 0 radical (unpaired) electrons. The van der Waals surface area contributed by atoms with Crippen LogP contribution in [0.15, 0.2) is 22.8 Å². The number of halogens is 5. The minimum Gasteiger partial charge on any atom is -0.344 e. The minimum absolute atomic E-state index is 0.00868. The standard InChI is InChI=1S/C24H27Cl3F2O4/c1-20(2)32-17-8-11-12-7-13(29)18-19(26)14(30)5-6-21(18,3)23(12,27)15(25)9-22(11,4)24(17,33-20)16(31)10-28/h5-6,11-13,15,17H,7-10H2,1-4H3/t11-,12-,13-,15-,17+,21-,22-,23-,24+/m0/s1. The van der Waals surface area contributed by atoms with Gasteiger partial charge in [0.15, 0.2) is 29.6 Å². The van der Waals surface area contributed by atoms with E-state index in [4.69, 9.17) is 44.3 Å². The number of ether oxygens (including phenoxy) is 2. The Morgan fingerprint density at radius 2 is 1.88 bits per heavy atom. The van der Waals surface area contributed by atoms with Gasteiger partial charge in [-0.05, 0) is 56.6 Å². The highest BCUT2D eigenvalue weighted by atomic mass is 35.5. The van der Waals surface area contributed by atoms with Crippen molar-refractivity contribution in [2.45, 2.75) is 80.9 Å². The molecule has 0 bridgehead atoms. The number of ketones is 2. The molecule has 4 aliphatic carbocycles. The van der Waals surface area contributed by atoms with Gasteiger partial charge in [-0.2, -0.15) is 0 Å². The van der Waals surface area contributed by atoms with Crippen LogP contribution in [0.25, 0.3) is 0 Å². The molecule has 5 rings (SSSR count). The van der Waals surface area contributed by atoms with Gasteiger partial charge in [-0.1, -0.05) is 31.5 Å². The first kappa shape index (κ1) is 24.2. The predicted molar refractivity (Wildman–Crippen MR) is 121 cm³/mol. The second kappa shape index (κ2) is 7.03. The Balaban J connectivity index is 1.67. The van der Waals surface area contributed by atoms with Gasteiger partial charge in [0.1, 0.15) is 6.17 Å². The van der Waals surface area contributed by atoms with Crippen molar-refractivity contribution in [2.24, 2.45) is 22.7 Å². The minimum atomic E-state index is -1.53. The van der Waals surface area contributed by atoms with E-state index in [2.05, 4.69) is 0 Å². The van der Waals surface area contributed by atoms with Gasteiger partial charge in [-0.15, -0.1) is 23.2 Å². The van der Waals surface area contributed by atoms with Crippen LogP contribution in [0.4, 0.5) is 8.78 Å². The molecule has 4 fully saturated rings. The summed E-state index contributed by atoms with van der Waals surface area (Å²) in [6.45, 7) is 5.85. The molecule has 182 valence electrons. The lowest BCUT2D eigenvalue weighted by molar-refractivity contribution is -0.213. The van der Waals surface area contributed by atoms with Crippen LogP contribution in [0.1, 0.15) is 47.0 Å². The van der Waals surface area contributed by atoms with Gasteiger partial charge >= 0.3 is 0 Å². The van der Waals surface area contributed by atoms with E-state index >= 15 is 4.39 Å². The van der Waals surface area contributed by atoms with Crippen LogP contribution in [0.2, 0.25) is 0 Å². The molecule has 0 unspecified atom stereocenters. The molecule has 0 amide bonds. The molecule has 1 saturated heterocycles. The first-order chi connectivity index (χ1) is 15.2. The first-order valence-corrected chi connectivity index (χ1v) is 12.5. The molecule has 9 atom stereocenters. The van der Waals surface area contributed by atoms with Gasteiger partial charge in [0, 0.05) is 10.8 Å². The van der Waals surface area contributed by atoms with Gasteiger partial charge in [0.2, 0.25) is 0 Å². The Bertz CT molecular complexity index is 1010. The van der Waals surface area contributed by atoms with Crippen LogP contribution in [-0.4, -0.2) is 52.2 Å². The maximum atomic E-state index is 15.8. The van der Waals surface area contributed by atoms with Gasteiger partial charge in [-0.3, -0.25) is 9.59 Å². The van der Waals surface area contributed by atoms with Crippen molar-refractivity contribution in [3.05, 3.63) is 22.8 Å². The molecular formula is C24H27Cl3F2O4. The molecule has 1 aliphatic heterocycles. The van der Waals surface area contributed by atoms with Crippen molar-refractivity contribution < 1.29 is 27.8 Å². The molecule has 0 aromatic carbocycles. The van der Waals surface area contributed by atoms with Gasteiger partial charge in [0.25, 0.3) is 0 Å². The van der Waals surface area contributed by atoms with Gasteiger partial charge in [0.05, 0.1) is 21.4 Å². The highest BCUT2D eigenvalue weighted by Crippen LogP contribution is 2.74. The van der Waals surface area contributed by atoms with Crippen molar-refractivity contribution in [3.63, 3.8) is 0 Å². The normalized spacial score (nSPS) is 52.3. The number of alkyl halides is 4. The van der Waals surface area contributed by atoms with E-state index in [-0.39, 0.29) is 29.4 Å². The van der Waals surface area contributed by atoms with E-state index < -0.39 is 68.9 Å². The summed E-state index contributed by atoms with van der Waals surface area (Å²) in [6.07, 6.45) is 1.34. The third-order valence-electron chi connectivity index (χ3n) is 9.19. The Morgan fingerprint density at radius 3 is 2.52 bits per heavy atom. The number of carbonyl (C=O) groups excluding carboxylic acids is 2. The molecule has 33 heavy (non-hydrogen) atoms. The van der Waals surface area contributed by atoms with Crippen molar-refractivity contribution in [2.75, 3.05) is 6.67 Å². The van der Waals surface area contributed by atoms with E-state index in [9.17, 15) is 14.0 Å². The molecule has 3 saturated carbocycles. The van der Waals surface area contributed by atoms with E-state index in [0.29, 0.717) is 6.42 Å². The van der Waals surface area contributed by atoms with Crippen LogP contribution in [0.3, 0.4) is 0 Å². The molecule has 0 aromatic rings. The third-order valence-corrected chi connectivity index (χ3v) is 11.1. The number of hydrogen-bond donors (Lipinski definition) is 0. The van der Waals surface area contributed by atoms with Crippen molar-refractivity contribution >= 4 is 46.4 Å². The predicted octanol–water partition coefficient (Wildman–Crippen LogP) is 5.43. The lowest BCUT2D eigenvalue weighted by Crippen LogP contribution is -2.69. The lowest BCUT2D eigenvalue weighted by atomic mass is 9.46. The first-order valence-electron chi connectivity index (χ1n) is 11.3. The number of rotatable bonds is 2. The average Bonchev–Trinajstić information content (AvgIpc) is 3.13. The maximum Gasteiger partial charge on any atom is 0.198 e. The number of hydrogen-bond acceptors (Lipinski definition) is 4. The smallest absolute Gasteiger partial charge is 0.198 e. The monoisotopic (exact) mass is 522 g/mol. The van der Waals surface area contributed by atoms with E-state index in [0.717, 1.165) is 0 Å². The fourth-order valence-electron chi connectivity index (χ4n) is 7.93. The topological polar surface area (TPSA) is 52.6 Å². The Kier molecular flexibility index (Phi) is 5.15. The summed E-state index contributed by atoms with van der Waals surface area (Å²) in [5, 5.41) is -0.889. The van der Waals surface area contributed by atoms with E-state index in [1.165, 1.54) is 6.08 Å². The summed E-state index contributed by atoms with van der Waals surface area (Å²) in [5.41, 5.74) is -3.39.